The number of piperazine rings is 1. The molecular weight excluding hydrogens is 371 g/mol. The van der Waals surface area contributed by atoms with Gasteiger partial charge in [-0.2, -0.15) is 0 Å². The standard InChI is InChI=1S/C22H27FN4O2/c1-17(22(29)24-15-18-5-3-2-4-6-18)27-13-11-26(12-14-27)16-21(28)25-20-9-7-19(23)8-10-20/h2-10,17H,11-16H2,1H3,(H,24,29)(H,25,28). The first-order valence-corrected chi connectivity index (χ1v) is 9.85. The quantitative estimate of drug-likeness (QED) is 0.750. The van der Waals surface area contributed by atoms with Gasteiger partial charge in [0.05, 0.1) is 12.6 Å². The minimum Gasteiger partial charge on any atom is -0.351 e. The van der Waals surface area contributed by atoms with Crippen molar-refractivity contribution >= 4 is 17.5 Å². The summed E-state index contributed by atoms with van der Waals surface area (Å²) >= 11 is 0. The van der Waals surface area contributed by atoms with Crippen LogP contribution in [0.4, 0.5) is 10.1 Å². The van der Waals surface area contributed by atoms with Gasteiger partial charge in [-0.25, -0.2) is 4.39 Å². The summed E-state index contributed by atoms with van der Waals surface area (Å²) < 4.78 is 12.9. The van der Waals surface area contributed by atoms with Crippen LogP contribution in [0, 0.1) is 5.82 Å². The van der Waals surface area contributed by atoms with E-state index >= 15 is 0 Å². The van der Waals surface area contributed by atoms with Crippen molar-refractivity contribution in [3.05, 3.63) is 66.0 Å². The summed E-state index contributed by atoms with van der Waals surface area (Å²) in [4.78, 5) is 28.8. The highest BCUT2D eigenvalue weighted by Gasteiger charge is 2.26. The SMILES string of the molecule is CC(C(=O)NCc1ccccc1)N1CCN(CC(=O)Nc2ccc(F)cc2)CC1. The molecule has 1 heterocycles. The number of halogens is 1. The highest BCUT2D eigenvalue weighted by atomic mass is 19.1. The molecule has 0 spiro atoms. The van der Waals surface area contributed by atoms with Gasteiger partial charge in [0.15, 0.2) is 0 Å². The van der Waals surface area contributed by atoms with Crippen molar-refractivity contribution in [1.82, 2.24) is 15.1 Å². The maximum Gasteiger partial charge on any atom is 0.238 e. The Hall–Kier alpha value is -2.77. The van der Waals surface area contributed by atoms with Crippen LogP contribution in [0.1, 0.15) is 12.5 Å². The molecule has 1 saturated heterocycles. The van der Waals surface area contributed by atoms with E-state index in [4.69, 9.17) is 0 Å². The molecule has 6 nitrogen and oxygen atoms in total. The Labute approximate surface area is 170 Å². The molecule has 1 aliphatic heterocycles. The Morgan fingerprint density at radius 3 is 2.31 bits per heavy atom. The van der Waals surface area contributed by atoms with Crippen molar-refractivity contribution in [2.24, 2.45) is 0 Å². The van der Waals surface area contributed by atoms with Crippen LogP contribution in [0.5, 0.6) is 0 Å². The molecule has 7 heteroatoms. The Kier molecular flexibility index (Phi) is 7.32. The van der Waals surface area contributed by atoms with Gasteiger partial charge in [-0.1, -0.05) is 30.3 Å². The van der Waals surface area contributed by atoms with Crippen molar-refractivity contribution in [3.63, 3.8) is 0 Å². The van der Waals surface area contributed by atoms with Gasteiger partial charge in [-0.15, -0.1) is 0 Å². The minimum absolute atomic E-state index is 0.0105. The number of carbonyl (C=O) groups excluding carboxylic acids is 2. The van der Waals surface area contributed by atoms with Crippen LogP contribution in [0.2, 0.25) is 0 Å². The summed E-state index contributed by atoms with van der Waals surface area (Å²) in [5, 5.41) is 5.76. The van der Waals surface area contributed by atoms with E-state index in [0.29, 0.717) is 25.3 Å². The molecule has 154 valence electrons. The Morgan fingerprint density at radius 2 is 1.66 bits per heavy atom. The number of hydrogen-bond donors (Lipinski definition) is 2. The van der Waals surface area contributed by atoms with Crippen LogP contribution in [0.15, 0.2) is 54.6 Å². The summed E-state index contributed by atoms with van der Waals surface area (Å²) in [6.45, 7) is 5.60. The maximum atomic E-state index is 12.9. The Balaban J connectivity index is 1.39. The molecule has 2 aromatic rings. The lowest BCUT2D eigenvalue weighted by Gasteiger charge is -2.37. The number of nitrogens with one attached hydrogen (secondary N) is 2. The van der Waals surface area contributed by atoms with Crippen LogP contribution >= 0.6 is 0 Å². The minimum atomic E-state index is -0.332. The van der Waals surface area contributed by atoms with E-state index in [1.165, 1.54) is 12.1 Å². The van der Waals surface area contributed by atoms with E-state index < -0.39 is 0 Å². The molecule has 3 rings (SSSR count). The van der Waals surface area contributed by atoms with E-state index in [0.717, 1.165) is 18.7 Å². The zero-order valence-corrected chi connectivity index (χ0v) is 16.6. The number of amides is 2. The van der Waals surface area contributed by atoms with Gasteiger partial charge in [-0.3, -0.25) is 19.4 Å². The molecule has 0 aromatic heterocycles. The Morgan fingerprint density at radius 1 is 1.00 bits per heavy atom. The van der Waals surface area contributed by atoms with Gasteiger partial charge < -0.3 is 10.6 Å². The predicted octanol–water partition coefficient (Wildman–Crippen LogP) is 2.09. The van der Waals surface area contributed by atoms with Crippen molar-refractivity contribution in [2.75, 3.05) is 38.0 Å². The van der Waals surface area contributed by atoms with Gasteiger partial charge in [-0.05, 0) is 36.8 Å². The Bertz CT molecular complexity index is 805. The number of hydrogen-bond acceptors (Lipinski definition) is 4. The second kappa shape index (κ2) is 10.1. The van der Waals surface area contributed by atoms with Gasteiger partial charge in [0.2, 0.25) is 11.8 Å². The van der Waals surface area contributed by atoms with Crippen molar-refractivity contribution in [3.8, 4) is 0 Å². The molecule has 0 aliphatic carbocycles. The zero-order valence-electron chi connectivity index (χ0n) is 16.6. The van der Waals surface area contributed by atoms with Crippen LogP contribution < -0.4 is 10.6 Å². The fraction of sp³-hybridized carbons (Fsp3) is 0.364. The highest BCUT2D eigenvalue weighted by Crippen LogP contribution is 2.10. The molecule has 29 heavy (non-hydrogen) atoms. The lowest BCUT2D eigenvalue weighted by Crippen LogP contribution is -2.54. The molecule has 1 unspecified atom stereocenters. The first kappa shape index (κ1) is 21.0. The third-order valence-electron chi connectivity index (χ3n) is 5.14. The highest BCUT2D eigenvalue weighted by molar-refractivity contribution is 5.92. The fourth-order valence-corrected chi connectivity index (χ4v) is 3.34. The third kappa shape index (κ3) is 6.37. The molecule has 2 aromatic carbocycles. The third-order valence-corrected chi connectivity index (χ3v) is 5.14. The summed E-state index contributed by atoms with van der Waals surface area (Å²) in [6.07, 6.45) is 0. The summed E-state index contributed by atoms with van der Waals surface area (Å²) in [5.74, 6) is -0.448. The lowest BCUT2D eigenvalue weighted by atomic mass is 10.2. The van der Waals surface area contributed by atoms with Crippen LogP contribution in [-0.4, -0.2) is 60.4 Å². The summed E-state index contributed by atoms with van der Waals surface area (Å²) in [6, 6.07) is 15.3. The molecule has 1 aliphatic rings. The van der Waals surface area contributed by atoms with Gasteiger partial charge in [0, 0.05) is 38.4 Å². The topological polar surface area (TPSA) is 64.7 Å². The molecule has 0 bridgehead atoms. The van der Waals surface area contributed by atoms with Gasteiger partial charge >= 0.3 is 0 Å². The molecule has 1 atom stereocenters. The van der Waals surface area contributed by atoms with Crippen molar-refractivity contribution in [1.29, 1.82) is 0 Å². The number of benzene rings is 2. The largest absolute Gasteiger partial charge is 0.351 e. The average molecular weight is 398 g/mol. The fourth-order valence-electron chi connectivity index (χ4n) is 3.34. The van der Waals surface area contributed by atoms with E-state index in [1.807, 2.05) is 37.3 Å². The summed E-state index contributed by atoms with van der Waals surface area (Å²) in [7, 11) is 0. The smallest absolute Gasteiger partial charge is 0.238 e. The van der Waals surface area contributed by atoms with E-state index in [1.54, 1.807) is 12.1 Å². The second-order valence-corrected chi connectivity index (χ2v) is 7.25. The molecule has 2 N–H and O–H groups in total. The first-order chi connectivity index (χ1) is 14.0. The maximum absolute atomic E-state index is 12.9. The van der Waals surface area contributed by atoms with E-state index in [-0.39, 0.29) is 30.2 Å². The molecule has 1 fully saturated rings. The van der Waals surface area contributed by atoms with Crippen LogP contribution in [0.3, 0.4) is 0 Å². The molecule has 2 amide bonds. The van der Waals surface area contributed by atoms with Crippen LogP contribution in [-0.2, 0) is 16.1 Å². The van der Waals surface area contributed by atoms with E-state index in [2.05, 4.69) is 20.4 Å². The van der Waals surface area contributed by atoms with Crippen molar-refractivity contribution in [2.45, 2.75) is 19.5 Å². The molecule has 0 radical (unpaired) electrons. The van der Waals surface area contributed by atoms with E-state index in [9.17, 15) is 14.0 Å². The number of anilines is 1. The number of nitrogens with zero attached hydrogens (tertiary/aromatic N) is 2. The van der Waals surface area contributed by atoms with Crippen molar-refractivity contribution < 1.29 is 14.0 Å². The van der Waals surface area contributed by atoms with Gasteiger partial charge in [0.25, 0.3) is 0 Å². The van der Waals surface area contributed by atoms with Crippen LogP contribution in [0.25, 0.3) is 0 Å². The second-order valence-electron chi connectivity index (χ2n) is 7.25. The average Bonchev–Trinajstić information content (AvgIpc) is 2.74. The number of carbonyl (C=O) groups is 2. The number of rotatable bonds is 7. The molecular formula is C22H27FN4O2. The van der Waals surface area contributed by atoms with Gasteiger partial charge in [0.1, 0.15) is 5.82 Å². The monoisotopic (exact) mass is 398 g/mol. The normalized spacial score (nSPS) is 16.2. The first-order valence-electron chi connectivity index (χ1n) is 9.85. The lowest BCUT2D eigenvalue weighted by molar-refractivity contribution is -0.127. The zero-order chi connectivity index (χ0) is 20.6. The summed E-state index contributed by atoms with van der Waals surface area (Å²) in [5.41, 5.74) is 1.66. The predicted molar refractivity (Wildman–Crippen MR) is 111 cm³/mol. The molecule has 0 saturated carbocycles.